The molecule has 4 fully saturated rings. The number of hydrogen-bond acceptors (Lipinski definition) is 7. The average molecular weight is 721 g/mol. The summed E-state index contributed by atoms with van der Waals surface area (Å²) >= 11 is 0. The molecule has 0 aliphatic heterocycles. The number of fused-ring (bicyclic) bond motifs is 6. The first-order chi connectivity index (χ1) is 25.1. The molecule has 5 N–H and O–H groups in total. The van der Waals surface area contributed by atoms with E-state index in [1.807, 2.05) is 55.5 Å². The van der Waals surface area contributed by atoms with Gasteiger partial charge in [0.15, 0.2) is 5.78 Å². The second-order valence-corrected chi connectivity index (χ2v) is 17.6. The van der Waals surface area contributed by atoms with Crippen molar-refractivity contribution in [2.45, 2.75) is 117 Å². The molecular formula is C45H56N2O6. The van der Waals surface area contributed by atoms with Crippen LogP contribution in [-0.2, 0) is 11.3 Å². The van der Waals surface area contributed by atoms with Gasteiger partial charge in [0.1, 0.15) is 5.60 Å². The summed E-state index contributed by atoms with van der Waals surface area (Å²) in [6.45, 7) is 10.6. The van der Waals surface area contributed by atoms with Crippen LogP contribution in [0, 0.1) is 65.1 Å². The van der Waals surface area contributed by atoms with E-state index in [4.69, 9.17) is 0 Å². The third-order valence-electron chi connectivity index (χ3n) is 14.7. The molecular weight excluding hydrogens is 665 g/mol. The molecule has 3 aromatic rings. The molecule has 7 rings (SSSR count). The number of nitrogens with one attached hydrogen (secondary N) is 1. The first-order valence-corrected chi connectivity index (χ1v) is 19.7. The number of carboxylic acid groups (broad SMARTS) is 1. The fourth-order valence-electron chi connectivity index (χ4n) is 11.8. The maximum atomic E-state index is 12.6. The van der Waals surface area contributed by atoms with Crippen LogP contribution >= 0.6 is 0 Å². The molecule has 2 aromatic carbocycles. The number of rotatable bonds is 8. The van der Waals surface area contributed by atoms with E-state index in [0.29, 0.717) is 49.9 Å². The lowest BCUT2D eigenvalue weighted by atomic mass is 9.42. The van der Waals surface area contributed by atoms with Crippen molar-refractivity contribution in [3.8, 4) is 11.8 Å². The smallest absolute Gasteiger partial charge is 0.303 e. The maximum absolute atomic E-state index is 12.6. The van der Waals surface area contributed by atoms with Gasteiger partial charge in [-0.15, -0.1) is 0 Å². The molecule has 11 atom stereocenters. The van der Waals surface area contributed by atoms with Gasteiger partial charge in [0.2, 0.25) is 0 Å². The van der Waals surface area contributed by atoms with Gasteiger partial charge in [0.05, 0.1) is 34.7 Å². The van der Waals surface area contributed by atoms with Crippen molar-refractivity contribution in [3.63, 3.8) is 0 Å². The van der Waals surface area contributed by atoms with Crippen LogP contribution in [0.5, 0.6) is 0 Å². The average Bonchev–Trinajstić information content (AvgIpc) is 3.48. The maximum Gasteiger partial charge on any atom is 0.303 e. The van der Waals surface area contributed by atoms with Crippen LogP contribution in [0.25, 0.3) is 10.9 Å². The fourth-order valence-corrected chi connectivity index (χ4v) is 11.8. The molecule has 0 bridgehead atoms. The Balaban J connectivity index is 1.03. The van der Waals surface area contributed by atoms with Gasteiger partial charge in [0.25, 0.3) is 0 Å². The lowest BCUT2D eigenvalue weighted by Gasteiger charge is -2.64. The van der Waals surface area contributed by atoms with Gasteiger partial charge in [0, 0.05) is 23.9 Å². The van der Waals surface area contributed by atoms with E-state index in [0.717, 1.165) is 47.0 Å². The van der Waals surface area contributed by atoms with E-state index < -0.39 is 23.8 Å². The molecule has 53 heavy (non-hydrogen) atoms. The van der Waals surface area contributed by atoms with Crippen LogP contribution in [0.2, 0.25) is 0 Å². The van der Waals surface area contributed by atoms with Crippen molar-refractivity contribution in [2.24, 2.45) is 46.3 Å². The van der Waals surface area contributed by atoms with Gasteiger partial charge in [-0.25, -0.2) is 0 Å². The third kappa shape index (κ3) is 6.68. The van der Waals surface area contributed by atoms with Crippen molar-refractivity contribution >= 4 is 28.3 Å². The number of aliphatic hydroxyl groups is 3. The first-order valence-electron chi connectivity index (χ1n) is 19.7. The van der Waals surface area contributed by atoms with Gasteiger partial charge in [-0.2, -0.15) is 0 Å². The van der Waals surface area contributed by atoms with Crippen molar-refractivity contribution < 1.29 is 30.0 Å². The normalized spacial score (nSPS) is 35.3. The molecule has 4 saturated carbocycles. The Labute approximate surface area is 313 Å². The number of ketones is 1. The summed E-state index contributed by atoms with van der Waals surface area (Å²) in [7, 11) is 0. The summed E-state index contributed by atoms with van der Waals surface area (Å²) in [4.78, 5) is 28.5. The molecule has 0 radical (unpaired) electrons. The summed E-state index contributed by atoms with van der Waals surface area (Å²) in [5, 5.41) is 49.3. The first kappa shape index (κ1) is 37.5. The Morgan fingerprint density at radius 1 is 1.02 bits per heavy atom. The highest BCUT2D eigenvalue weighted by Crippen LogP contribution is 2.69. The summed E-state index contributed by atoms with van der Waals surface area (Å²) in [6, 6.07) is 15.8. The minimum absolute atomic E-state index is 0.0277. The number of carbonyl (C=O) groups excluding carboxylic acids is 1. The summed E-state index contributed by atoms with van der Waals surface area (Å²) < 4.78 is 0. The monoisotopic (exact) mass is 720 g/mol. The molecule has 0 saturated heterocycles. The van der Waals surface area contributed by atoms with Gasteiger partial charge in [-0.05, 0) is 135 Å². The molecule has 8 heteroatoms. The molecule has 1 heterocycles. The Morgan fingerprint density at radius 3 is 2.47 bits per heavy atom. The molecule has 4 aliphatic carbocycles. The number of hydrogen-bond donors (Lipinski definition) is 5. The van der Waals surface area contributed by atoms with Gasteiger partial charge >= 0.3 is 5.97 Å². The predicted octanol–water partition coefficient (Wildman–Crippen LogP) is 7.54. The number of carboxylic acids is 1. The number of para-hydroxylation sites is 1. The Kier molecular flexibility index (Phi) is 10.0. The fraction of sp³-hybridized carbons (Fsp3) is 0.578. The second kappa shape index (κ2) is 14.1. The zero-order valence-electron chi connectivity index (χ0n) is 31.9. The van der Waals surface area contributed by atoms with E-state index in [1.165, 1.54) is 0 Å². The second-order valence-electron chi connectivity index (χ2n) is 17.6. The SMILES string of the molecule is CC(=O)c1c(C)nc2ccccc2c1NCc1ccc(C#C[C@@]2(O)CC[C@@]3(C)[C@H](C[C@@H](O)[C@@H]4[C@@H]3C[C@H](O)[C@]3(C)[C@@H]([C@H](C)CCC(=O)O)CC[C@@H]43)C2)cc1. The number of Topliss-reactive ketones (excluding diaryl/α,β-unsaturated/α-hetero) is 1. The molecule has 282 valence electrons. The molecule has 0 unspecified atom stereocenters. The minimum Gasteiger partial charge on any atom is -0.481 e. The Hall–Kier alpha value is -3.77. The van der Waals surface area contributed by atoms with Crippen molar-refractivity contribution in [3.05, 3.63) is 70.9 Å². The van der Waals surface area contributed by atoms with Crippen LogP contribution in [-0.4, -0.2) is 55.0 Å². The molecule has 4 aliphatic rings. The lowest BCUT2D eigenvalue weighted by Crippen LogP contribution is -2.63. The van der Waals surface area contributed by atoms with Gasteiger partial charge < -0.3 is 25.7 Å². The topological polar surface area (TPSA) is 140 Å². The Morgan fingerprint density at radius 2 is 1.75 bits per heavy atom. The van der Waals surface area contributed by atoms with Crippen LogP contribution in [0.1, 0.15) is 113 Å². The number of carbonyl (C=O) groups is 2. The zero-order valence-corrected chi connectivity index (χ0v) is 31.9. The van der Waals surface area contributed by atoms with E-state index in [-0.39, 0.29) is 58.5 Å². The number of aromatic nitrogens is 1. The highest BCUT2D eigenvalue weighted by molar-refractivity contribution is 6.08. The number of aliphatic carboxylic acids is 1. The quantitative estimate of drug-likeness (QED) is 0.119. The van der Waals surface area contributed by atoms with E-state index in [9.17, 15) is 30.0 Å². The predicted molar refractivity (Wildman–Crippen MR) is 206 cm³/mol. The number of benzene rings is 2. The van der Waals surface area contributed by atoms with Crippen molar-refractivity contribution in [1.82, 2.24) is 4.98 Å². The largest absolute Gasteiger partial charge is 0.481 e. The zero-order chi connectivity index (χ0) is 37.9. The number of aliphatic hydroxyl groups excluding tert-OH is 2. The van der Waals surface area contributed by atoms with Gasteiger partial charge in [-0.1, -0.05) is 62.9 Å². The highest BCUT2D eigenvalue weighted by Gasteiger charge is 2.66. The van der Waals surface area contributed by atoms with E-state index in [1.54, 1.807) is 6.92 Å². The number of pyridine rings is 1. The summed E-state index contributed by atoms with van der Waals surface area (Å²) in [5.74, 6) is 6.68. The molecule has 0 amide bonds. The highest BCUT2D eigenvalue weighted by atomic mass is 16.4. The van der Waals surface area contributed by atoms with E-state index >= 15 is 0 Å². The van der Waals surface area contributed by atoms with Crippen LogP contribution in [0.3, 0.4) is 0 Å². The van der Waals surface area contributed by atoms with Crippen LogP contribution in [0.15, 0.2) is 48.5 Å². The van der Waals surface area contributed by atoms with Crippen molar-refractivity contribution in [2.75, 3.05) is 5.32 Å². The van der Waals surface area contributed by atoms with Crippen LogP contribution in [0.4, 0.5) is 5.69 Å². The molecule has 8 nitrogen and oxygen atoms in total. The molecule has 1 aromatic heterocycles. The van der Waals surface area contributed by atoms with Crippen LogP contribution < -0.4 is 5.32 Å². The third-order valence-corrected chi connectivity index (χ3v) is 14.7. The lowest BCUT2D eigenvalue weighted by molar-refractivity contribution is -0.211. The standard InChI is InChI=1S/C45H56N2O6/c1-26(10-17-39(51)52)33-15-16-34-41-35(23-38(50)44(33,34)5)43(4)20-21-45(53,24-31(43)22-37(41)49)19-18-29-11-13-30(14-12-29)25-46-42-32-8-6-7-9-36(32)47-27(2)40(42)28(3)48/h6-9,11-14,26,31,33-35,37-38,41,49-50,53H,10,15-17,20-25H2,1-5H3,(H,46,47)(H,51,52)/t26-,31-,33-,34+,35+,37-,38+,41+,43+,44-,45-/m1/s1. The number of anilines is 1. The van der Waals surface area contributed by atoms with E-state index in [2.05, 4.69) is 42.9 Å². The Bertz CT molecular complexity index is 1950. The van der Waals surface area contributed by atoms with Gasteiger partial charge in [-0.3, -0.25) is 14.6 Å². The minimum atomic E-state index is -1.15. The summed E-state index contributed by atoms with van der Waals surface area (Å²) in [6.07, 6.45) is 4.79. The number of nitrogens with zero attached hydrogens (tertiary/aromatic N) is 1. The number of aryl methyl sites for hydroxylation is 1. The molecule has 0 spiro atoms. The van der Waals surface area contributed by atoms with Crippen molar-refractivity contribution in [1.29, 1.82) is 0 Å². The summed E-state index contributed by atoms with van der Waals surface area (Å²) in [5.41, 5.74) is 3.20.